The first-order chi connectivity index (χ1) is 20.1. The van der Waals surface area contributed by atoms with Gasteiger partial charge in [0.05, 0.1) is 12.2 Å². The summed E-state index contributed by atoms with van der Waals surface area (Å²) in [5, 5.41) is 0. The minimum atomic E-state index is -0.160. The number of hydrogen-bond acceptors (Lipinski definition) is 4. The average molecular weight is 572 g/mol. The van der Waals surface area contributed by atoms with E-state index in [-0.39, 0.29) is 17.8 Å². The summed E-state index contributed by atoms with van der Waals surface area (Å²) in [5.74, 6) is 0.716. The molecule has 0 bridgehead atoms. The quantitative estimate of drug-likeness (QED) is 0.333. The van der Waals surface area contributed by atoms with Gasteiger partial charge < -0.3 is 20.3 Å². The Bertz CT molecular complexity index is 1370. The van der Waals surface area contributed by atoms with Gasteiger partial charge in [0.25, 0.3) is 5.91 Å². The molecule has 5 nitrogen and oxygen atoms in total. The summed E-state index contributed by atoms with van der Waals surface area (Å²) < 4.78 is 18.0. The minimum absolute atomic E-state index is 0.0628. The van der Waals surface area contributed by atoms with Crippen LogP contribution in [0.15, 0.2) is 78.9 Å². The molecule has 224 valence electrons. The van der Waals surface area contributed by atoms with Crippen LogP contribution in [-0.4, -0.2) is 50.1 Å². The summed E-state index contributed by atoms with van der Waals surface area (Å²) in [6.07, 6.45) is 6.96. The molecule has 1 saturated heterocycles. The van der Waals surface area contributed by atoms with Gasteiger partial charge in [-0.2, -0.15) is 0 Å². The molecule has 3 aromatic carbocycles. The van der Waals surface area contributed by atoms with Gasteiger partial charge in [-0.15, -0.1) is 0 Å². The molecule has 2 N–H and O–H groups in total. The van der Waals surface area contributed by atoms with Gasteiger partial charge in [-0.25, -0.2) is 4.39 Å². The van der Waals surface area contributed by atoms with E-state index >= 15 is 0 Å². The zero-order valence-corrected chi connectivity index (χ0v) is 25.8. The van der Waals surface area contributed by atoms with Gasteiger partial charge in [0, 0.05) is 31.7 Å². The number of ether oxygens (including phenoxy) is 1. The van der Waals surface area contributed by atoms with Crippen molar-refractivity contribution in [2.24, 2.45) is 5.73 Å². The number of nitrogens with zero attached hydrogens (tertiary/aromatic N) is 2. The third-order valence-electron chi connectivity index (χ3n) is 7.54. The summed E-state index contributed by atoms with van der Waals surface area (Å²) in [6.45, 7) is 14.9. The molecule has 6 heteroatoms. The van der Waals surface area contributed by atoms with E-state index < -0.39 is 0 Å². The molecule has 42 heavy (non-hydrogen) atoms. The van der Waals surface area contributed by atoms with Crippen molar-refractivity contribution >= 4 is 17.7 Å². The number of allylic oxidation sites excluding steroid dienone is 2. The largest absolute Gasteiger partial charge is 0.490 e. The third kappa shape index (κ3) is 9.31. The highest BCUT2D eigenvalue weighted by atomic mass is 19.1. The number of rotatable bonds is 4. The average Bonchev–Trinajstić information content (AvgIpc) is 2.99. The van der Waals surface area contributed by atoms with Gasteiger partial charge in [-0.1, -0.05) is 67.6 Å². The van der Waals surface area contributed by atoms with Crippen LogP contribution < -0.4 is 15.4 Å². The molecule has 0 radical (unpaired) electrons. The van der Waals surface area contributed by atoms with E-state index in [1.165, 1.54) is 34.4 Å². The molecule has 0 aliphatic carbocycles. The molecule has 2 heterocycles. The van der Waals surface area contributed by atoms with Crippen LogP contribution in [0.3, 0.4) is 0 Å². The fourth-order valence-corrected chi connectivity index (χ4v) is 5.02. The first-order valence-corrected chi connectivity index (χ1v) is 14.8. The van der Waals surface area contributed by atoms with Gasteiger partial charge in [-0.3, -0.25) is 4.79 Å². The van der Waals surface area contributed by atoms with Gasteiger partial charge in [0.15, 0.2) is 0 Å². The number of carbonyl (C=O) groups is 1. The lowest BCUT2D eigenvalue weighted by Crippen LogP contribution is -2.45. The van der Waals surface area contributed by atoms with Crippen molar-refractivity contribution in [3.8, 4) is 5.75 Å². The first kappa shape index (κ1) is 32.6. The van der Waals surface area contributed by atoms with Gasteiger partial charge in [0.1, 0.15) is 18.2 Å². The van der Waals surface area contributed by atoms with Crippen LogP contribution in [0, 0.1) is 19.7 Å². The topological polar surface area (TPSA) is 58.8 Å². The standard InChI is InChI=1S/C16H23N3O2.C12H14.C8H9F/c1-11-8-12(9-14-15(11)18(2)6-7-21-14)16(20)19-5-3-4-13(17)10-19;1-4-10(2)9-12-8-6-5-7-11(12)3;1-2-7-3-5-8(9)6-4-7/h8-9,13H,3-7,10,17H2,1-2H3;4-9H,1H2,2-3H3;3-6H,2H2,1H3/b;10-9+;. The van der Waals surface area contributed by atoms with Gasteiger partial charge in [-0.05, 0) is 86.6 Å². The second-order valence-corrected chi connectivity index (χ2v) is 11.0. The van der Waals surface area contributed by atoms with Crippen LogP contribution in [0.5, 0.6) is 5.75 Å². The smallest absolute Gasteiger partial charge is 0.254 e. The number of halogens is 1. The lowest BCUT2D eigenvalue weighted by Gasteiger charge is -2.32. The lowest BCUT2D eigenvalue weighted by atomic mass is 10.0. The molecular formula is C36H46FN3O2. The number of fused-ring (bicyclic) bond motifs is 1. The van der Waals surface area contributed by atoms with Crippen molar-refractivity contribution in [3.63, 3.8) is 0 Å². The Morgan fingerprint density at radius 2 is 1.81 bits per heavy atom. The SMILES string of the molecule is C=C/C(C)=C/c1ccccc1C.CCc1ccc(F)cc1.Cc1cc(C(=O)N2CCCC(N)C2)cc2c1N(C)CCO2. The van der Waals surface area contributed by atoms with E-state index in [1.807, 2.05) is 37.0 Å². The second kappa shape index (κ2) is 15.9. The molecular weight excluding hydrogens is 525 g/mol. The highest BCUT2D eigenvalue weighted by Crippen LogP contribution is 2.35. The second-order valence-electron chi connectivity index (χ2n) is 11.0. The molecule has 1 amide bonds. The fraction of sp³-hybridized carbons (Fsp3) is 0.361. The zero-order chi connectivity index (χ0) is 30.6. The number of likely N-dealkylation sites (tertiary alicyclic amines) is 1. The highest BCUT2D eigenvalue weighted by Gasteiger charge is 2.25. The van der Waals surface area contributed by atoms with E-state index in [2.05, 4.69) is 62.7 Å². The number of anilines is 1. The van der Waals surface area contributed by atoms with Gasteiger partial charge in [0.2, 0.25) is 0 Å². The van der Waals surface area contributed by atoms with Crippen LogP contribution in [-0.2, 0) is 6.42 Å². The minimum Gasteiger partial charge on any atom is -0.490 e. The third-order valence-corrected chi connectivity index (χ3v) is 7.54. The number of likely N-dealkylation sites (N-methyl/N-ethyl adjacent to an activating group) is 1. The predicted molar refractivity (Wildman–Crippen MR) is 174 cm³/mol. The van der Waals surface area contributed by atoms with Gasteiger partial charge >= 0.3 is 0 Å². The van der Waals surface area contributed by atoms with E-state index in [1.54, 1.807) is 12.1 Å². The lowest BCUT2D eigenvalue weighted by molar-refractivity contribution is 0.0708. The number of piperidine rings is 1. The monoisotopic (exact) mass is 571 g/mol. The van der Waals surface area contributed by atoms with Crippen LogP contribution in [0.4, 0.5) is 10.1 Å². The van der Waals surface area contributed by atoms with E-state index in [0.717, 1.165) is 49.4 Å². The molecule has 2 aliphatic rings. The maximum absolute atomic E-state index is 12.7. The van der Waals surface area contributed by atoms with E-state index in [4.69, 9.17) is 10.5 Å². The molecule has 0 saturated carbocycles. The number of hydrogen-bond donors (Lipinski definition) is 1. The Balaban J connectivity index is 0.000000194. The Hall–Kier alpha value is -3.90. The molecule has 1 fully saturated rings. The number of carbonyl (C=O) groups excluding carboxylic acids is 1. The molecule has 0 aromatic heterocycles. The van der Waals surface area contributed by atoms with E-state index in [0.29, 0.717) is 18.7 Å². The Morgan fingerprint density at radius 3 is 2.45 bits per heavy atom. The maximum Gasteiger partial charge on any atom is 0.254 e. The molecule has 1 atom stereocenters. The van der Waals surface area contributed by atoms with Crippen molar-refractivity contribution in [2.75, 3.05) is 38.2 Å². The Kier molecular flexibility index (Phi) is 12.4. The molecule has 0 spiro atoms. The number of benzene rings is 3. The Morgan fingerprint density at radius 1 is 1.10 bits per heavy atom. The van der Waals surface area contributed by atoms with Crippen molar-refractivity contribution < 1.29 is 13.9 Å². The van der Waals surface area contributed by atoms with Crippen LogP contribution in [0.1, 0.15) is 59.3 Å². The van der Waals surface area contributed by atoms with Crippen molar-refractivity contribution in [3.05, 3.63) is 113 Å². The van der Waals surface area contributed by atoms with Crippen LogP contribution >= 0.6 is 0 Å². The van der Waals surface area contributed by atoms with Crippen molar-refractivity contribution in [1.29, 1.82) is 0 Å². The van der Waals surface area contributed by atoms with Crippen molar-refractivity contribution in [2.45, 2.75) is 53.0 Å². The number of amides is 1. The number of aryl methyl sites for hydroxylation is 3. The summed E-state index contributed by atoms with van der Waals surface area (Å²) >= 11 is 0. The maximum atomic E-state index is 12.7. The predicted octanol–water partition coefficient (Wildman–Crippen LogP) is 7.36. The highest BCUT2D eigenvalue weighted by molar-refractivity contribution is 5.96. The molecule has 1 unspecified atom stereocenters. The molecule has 5 rings (SSSR count). The number of nitrogens with two attached hydrogens (primary N) is 1. The summed E-state index contributed by atoms with van der Waals surface area (Å²) in [4.78, 5) is 16.7. The molecule has 2 aliphatic heterocycles. The first-order valence-electron chi connectivity index (χ1n) is 14.8. The fourth-order valence-electron chi connectivity index (χ4n) is 5.02. The Labute approximate surface area is 251 Å². The van der Waals surface area contributed by atoms with Crippen molar-refractivity contribution in [1.82, 2.24) is 4.90 Å². The zero-order valence-electron chi connectivity index (χ0n) is 25.8. The normalized spacial score (nSPS) is 16.2. The summed E-state index contributed by atoms with van der Waals surface area (Å²) in [5.41, 5.74) is 13.8. The van der Waals surface area contributed by atoms with Crippen LogP contribution in [0.2, 0.25) is 0 Å². The van der Waals surface area contributed by atoms with E-state index in [9.17, 15) is 9.18 Å². The van der Waals surface area contributed by atoms with Crippen LogP contribution in [0.25, 0.3) is 6.08 Å². The summed E-state index contributed by atoms with van der Waals surface area (Å²) in [6, 6.07) is 18.8. The molecule has 3 aromatic rings. The summed E-state index contributed by atoms with van der Waals surface area (Å²) in [7, 11) is 2.06.